The molecule has 0 saturated heterocycles. The van der Waals surface area contributed by atoms with Crippen LogP contribution in [0.1, 0.15) is 42.9 Å². The molecule has 0 aliphatic carbocycles. The molecule has 0 spiro atoms. The van der Waals surface area contributed by atoms with Gasteiger partial charge in [0.15, 0.2) is 0 Å². The van der Waals surface area contributed by atoms with E-state index in [0.717, 1.165) is 36.1 Å². The fourth-order valence-electron chi connectivity index (χ4n) is 3.26. The first-order chi connectivity index (χ1) is 11.1. The van der Waals surface area contributed by atoms with Crippen LogP contribution in [0.15, 0.2) is 48.5 Å². The number of allylic oxidation sites excluding steroid dienone is 1. The third kappa shape index (κ3) is 2.81. The molecule has 1 aliphatic rings. The van der Waals surface area contributed by atoms with Gasteiger partial charge < -0.3 is 4.90 Å². The van der Waals surface area contributed by atoms with Gasteiger partial charge >= 0.3 is 0 Å². The number of rotatable bonds is 4. The molecule has 0 fully saturated rings. The number of para-hydroxylation sites is 1. The Morgan fingerprint density at radius 3 is 2.61 bits per heavy atom. The third-order valence-corrected chi connectivity index (χ3v) is 4.50. The van der Waals surface area contributed by atoms with Gasteiger partial charge in [-0.3, -0.25) is 4.79 Å². The minimum absolute atomic E-state index is 0.110. The predicted octanol–water partition coefficient (Wildman–Crippen LogP) is 5.07. The Bertz CT molecular complexity index is 773. The van der Waals surface area contributed by atoms with Crippen LogP contribution in [0.5, 0.6) is 0 Å². The number of nitrogens with zero attached hydrogens (tertiary/aromatic N) is 1. The fraction of sp³-hybridized carbons (Fsp3) is 0.286. The molecular formula is C21H23NO. The maximum absolute atomic E-state index is 12.9. The summed E-state index contributed by atoms with van der Waals surface area (Å²) in [6, 6.07) is 16.6. The lowest BCUT2D eigenvalue weighted by atomic mass is 9.91. The van der Waals surface area contributed by atoms with Gasteiger partial charge in [0.1, 0.15) is 0 Å². The van der Waals surface area contributed by atoms with E-state index < -0.39 is 0 Å². The van der Waals surface area contributed by atoms with E-state index in [4.69, 9.17) is 0 Å². The number of carbonyl (C=O) groups is 1. The highest BCUT2D eigenvalue weighted by atomic mass is 16.2. The van der Waals surface area contributed by atoms with Gasteiger partial charge in [0.05, 0.1) is 11.3 Å². The van der Waals surface area contributed by atoms with Gasteiger partial charge in [-0.15, -0.1) is 0 Å². The van der Waals surface area contributed by atoms with E-state index in [0.29, 0.717) is 0 Å². The number of fused-ring (bicyclic) bond motifs is 1. The van der Waals surface area contributed by atoms with Gasteiger partial charge in [-0.1, -0.05) is 61.4 Å². The number of aryl methyl sites for hydroxylation is 1. The Hall–Kier alpha value is -2.35. The summed E-state index contributed by atoms with van der Waals surface area (Å²) in [6.45, 7) is 4.29. The van der Waals surface area contributed by atoms with Crippen LogP contribution >= 0.6 is 0 Å². The van der Waals surface area contributed by atoms with Crippen LogP contribution in [0.25, 0.3) is 11.1 Å². The zero-order valence-corrected chi connectivity index (χ0v) is 14.1. The summed E-state index contributed by atoms with van der Waals surface area (Å²) in [5.74, 6) is 0.110. The number of hydrogen-bond donors (Lipinski definition) is 0. The van der Waals surface area contributed by atoms with Gasteiger partial charge in [0.25, 0.3) is 5.91 Å². The lowest BCUT2D eigenvalue weighted by Gasteiger charge is -2.13. The van der Waals surface area contributed by atoms with Crippen molar-refractivity contribution in [3.05, 3.63) is 65.2 Å². The topological polar surface area (TPSA) is 20.3 Å². The number of likely N-dealkylation sites (N-methyl/N-ethyl adjacent to an activating group) is 1. The molecule has 2 aromatic rings. The van der Waals surface area contributed by atoms with Gasteiger partial charge in [0.2, 0.25) is 0 Å². The average molecular weight is 305 g/mol. The Morgan fingerprint density at radius 2 is 1.87 bits per heavy atom. The van der Waals surface area contributed by atoms with Crippen LogP contribution in [0.3, 0.4) is 0 Å². The van der Waals surface area contributed by atoms with E-state index in [1.54, 1.807) is 4.90 Å². The molecular weight excluding hydrogens is 282 g/mol. The van der Waals surface area contributed by atoms with Crippen molar-refractivity contribution in [2.45, 2.75) is 33.1 Å². The van der Waals surface area contributed by atoms with E-state index in [2.05, 4.69) is 44.2 Å². The second-order valence-corrected chi connectivity index (χ2v) is 6.21. The van der Waals surface area contributed by atoms with Crippen molar-refractivity contribution in [3.8, 4) is 0 Å². The van der Waals surface area contributed by atoms with Crippen LogP contribution in [-0.4, -0.2) is 13.0 Å². The molecule has 0 N–H and O–H groups in total. The Balaban J connectivity index is 2.22. The lowest BCUT2D eigenvalue weighted by molar-refractivity contribution is -0.112. The summed E-state index contributed by atoms with van der Waals surface area (Å²) in [4.78, 5) is 14.7. The van der Waals surface area contributed by atoms with Crippen LogP contribution in [0, 0.1) is 6.92 Å². The Kier molecular flexibility index (Phi) is 4.33. The highest BCUT2D eigenvalue weighted by molar-refractivity contribution is 6.37. The maximum Gasteiger partial charge on any atom is 0.259 e. The standard InChI is InChI=1S/C21H23NO/c1-4-5-11-17(16-10-8-9-15(2)14-16)20-18-12-6-7-13-19(18)22(3)21(20)23/h6-10,12-14H,4-5,11H2,1-3H3/b20-17-. The molecule has 0 unspecified atom stereocenters. The fourth-order valence-corrected chi connectivity index (χ4v) is 3.26. The first kappa shape index (κ1) is 15.5. The zero-order valence-electron chi connectivity index (χ0n) is 14.1. The Morgan fingerprint density at radius 1 is 1.09 bits per heavy atom. The molecule has 0 saturated carbocycles. The molecule has 2 aromatic carbocycles. The summed E-state index contributed by atoms with van der Waals surface area (Å²) in [6.07, 6.45) is 3.14. The second-order valence-electron chi connectivity index (χ2n) is 6.21. The number of hydrogen-bond acceptors (Lipinski definition) is 1. The molecule has 3 rings (SSSR count). The summed E-state index contributed by atoms with van der Waals surface area (Å²) in [7, 11) is 1.86. The molecule has 1 amide bonds. The van der Waals surface area contributed by atoms with E-state index in [1.807, 2.05) is 25.2 Å². The molecule has 23 heavy (non-hydrogen) atoms. The number of unbranched alkanes of at least 4 members (excludes halogenated alkanes) is 1. The zero-order chi connectivity index (χ0) is 16.4. The summed E-state index contributed by atoms with van der Waals surface area (Å²) in [5, 5.41) is 0. The smallest absolute Gasteiger partial charge is 0.259 e. The average Bonchev–Trinajstić information content (AvgIpc) is 2.81. The summed E-state index contributed by atoms with van der Waals surface area (Å²) in [5.41, 5.74) is 6.53. The highest BCUT2D eigenvalue weighted by Crippen LogP contribution is 2.41. The van der Waals surface area contributed by atoms with Crippen molar-refractivity contribution >= 4 is 22.7 Å². The van der Waals surface area contributed by atoms with Gasteiger partial charge in [-0.2, -0.15) is 0 Å². The largest absolute Gasteiger partial charge is 0.311 e. The molecule has 118 valence electrons. The van der Waals surface area contributed by atoms with E-state index in [-0.39, 0.29) is 5.91 Å². The predicted molar refractivity (Wildman–Crippen MR) is 97.4 cm³/mol. The van der Waals surface area contributed by atoms with Crippen molar-refractivity contribution in [1.29, 1.82) is 0 Å². The highest BCUT2D eigenvalue weighted by Gasteiger charge is 2.31. The SMILES string of the molecule is CCCC/C(=C1/C(=O)N(C)c2ccccc21)c1cccc(C)c1. The summed E-state index contributed by atoms with van der Waals surface area (Å²) < 4.78 is 0. The number of amides is 1. The Labute approximate surface area is 138 Å². The molecule has 0 radical (unpaired) electrons. The minimum Gasteiger partial charge on any atom is -0.311 e. The van der Waals surface area contributed by atoms with Crippen LogP contribution in [0.4, 0.5) is 5.69 Å². The van der Waals surface area contributed by atoms with Gasteiger partial charge in [0, 0.05) is 12.6 Å². The van der Waals surface area contributed by atoms with Crippen LogP contribution in [0.2, 0.25) is 0 Å². The van der Waals surface area contributed by atoms with Gasteiger partial charge in [-0.25, -0.2) is 0 Å². The van der Waals surface area contributed by atoms with Crippen LogP contribution < -0.4 is 4.90 Å². The van der Waals surface area contributed by atoms with Gasteiger partial charge in [-0.05, 0) is 37.0 Å². The monoisotopic (exact) mass is 305 g/mol. The van der Waals surface area contributed by atoms with Crippen LogP contribution in [-0.2, 0) is 4.79 Å². The van der Waals surface area contributed by atoms with E-state index in [1.165, 1.54) is 16.7 Å². The molecule has 0 atom stereocenters. The normalized spacial score (nSPS) is 15.8. The maximum atomic E-state index is 12.9. The number of carbonyl (C=O) groups excluding carboxylic acids is 1. The molecule has 1 heterocycles. The minimum atomic E-state index is 0.110. The first-order valence-corrected chi connectivity index (χ1v) is 8.31. The molecule has 1 aliphatic heterocycles. The van der Waals surface area contributed by atoms with Crippen molar-refractivity contribution in [3.63, 3.8) is 0 Å². The van der Waals surface area contributed by atoms with Crippen molar-refractivity contribution in [1.82, 2.24) is 0 Å². The quantitative estimate of drug-likeness (QED) is 0.722. The van der Waals surface area contributed by atoms with E-state index in [9.17, 15) is 4.79 Å². The first-order valence-electron chi connectivity index (χ1n) is 8.31. The molecule has 2 heteroatoms. The molecule has 0 bridgehead atoms. The number of anilines is 1. The van der Waals surface area contributed by atoms with Crippen molar-refractivity contribution in [2.24, 2.45) is 0 Å². The number of benzene rings is 2. The molecule has 2 nitrogen and oxygen atoms in total. The van der Waals surface area contributed by atoms with Crippen molar-refractivity contribution < 1.29 is 4.79 Å². The van der Waals surface area contributed by atoms with Crippen molar-refractivity contribution in [2.75, 3.05) is 11.9 Å². The third-order valence-electron chi connectivity index (χ3n) is 4.50. The van der Waals surface area contributed by atoms with E-state index >= 15 is 0 Å². The molecule has 0 aromatic heterocycles. The summed E-state index contributed by atoms with van der Waals surface area (Å²) >= 11 is 0. The second kappa shape index (κ2) is 6.41. The lowest BCUT2D eigenvalue weighted by Crippen LogP contribution is -2.20.